The van der Waals surface area contributed by atoms with E-state index in [1.54, 1.807) is 6.07 Å². The van der Waals surface area contributed by atoms with E-state index in [1.165, 1.54) is 6.07 Å². The number of amides is 1. The summed E-state index contributed by atoms with van der Waals surface area (Å²) in [5.74, 6) is 0.744. The molecule has 4 N–H and O–H groups in total. The van der Waals surface area contributed by atoms with E-state index < -0.39 is 14.4 Å². The Morgan fingerprint density at radius 1 is 1.07 bits per heavy atom. The zero-order chi connectivity index (χ0) is 20.2. The fraction of sp³-hybridized carbons (Fsp3) is 0.333. The Hall–Kier alpha value is -2.94. The summed E-state index contributed by atoms with van der Waals surface area (Å²) in [6.07, 6.45) is -0.965. The highest BCUT2D eigenvalue weighted by Gasteiger charge is 2.39. The van der Waals surface area contributed by atoms with Crippen molar-refractivity contribution >= 4 is 31.6 Å². The molecule has 1 amide bonds. The Bertz CT molecular complexity index is 862. The highest BCUT2D eigenvalue weighted by molar-refractivity contribution is 6.74. The highest BCUT2D eigenvalue weighted by atomic mass is 28.4. The molecule has 27 heavy (non-hydrogen) atoms. The molecule has 0 unspecified atom stereocenters. The number of primary amides is 1. The maximum Gasteiger partial charge on any atom is 0.411 e. The summed E-state index contributed by atoms with van der Waals surface area (Å²) in [6, 6.07) is 10.4. The minimum atomic E-state index is -2.02. The van der Waals surface area contributed by atoms with Gasteiger partial charge in [-0.2, -0.15) is 4.98 Å². The van der Waals surface area contributed by atoms with Crippen molar-refractivity contribution in [2.24, 2.45) is 16.0 Å². The lowest BCUT2D eigenvalue weighted by atomic mass is 10.2. The normalized spacial score (nSPS) is 12.2. The molecule has 0 atom stereocenters. The Morgan fingerprint density at radius 3 is 2.30 bits per heavy atom. The highest BCUT2D eigenvalue weighted by Crippen LogP contribution is 2.40. The molecule has 1 aromatic carbocycles. The van der Waals surface area contributed by atoms with Crippen molar-refractivity contribution in [3.63, 3.8) is 0 Å². The first-order valence-corrected chi connectivity index (χ1v) is 11.3. The topological polar surface area (TPSA) is 125 Å². The maximum atomic E-state index is 10.8. The van der Waals surface area contributed by atoms with Crippen molar-refractivity contribution in [2.45, 2.75) is 38.9 Å². The number of azo groups is 1. The van der Waals surface area contributed by atoms with Gasteiger partial charge >= 0.3 is 6.09 Å². The van der Waals surface area contributed by atoms with E-state index in [0.717, 1.165) is 0 Å². The number of nitrogens with zero attached hydrogens (tertiary/aromatic N) is 3. The molecular formula is C18H25N5O3Si. The molecule has 2 aromatic rings. The molecule has 0 aliphatic rings. The van der Waals surface area contributed by atoms with Gasteiger partial charge in [0.05, 0.1) is 0 Å². The molecule has 0 aliphatic carbocycles. The van der Waals surface area contributed by atoms with E-state index in [2.05, 4.69) is 53.8 Å². The van der Waals surface area contributed by atoms with Crippen LogP contribution in [0.4, 0.5) is 22.0 Å². The molecule has 0 spiro atoms. The first-order valence-electron chi connectivity index (χ1n) is 8.43. The maximum absolute atomic E-state index is 10.8. The second-order valence-electron chi connectivity index (χ2n) is 7.51. The van der Waals surface area contributed by atoms with E-state index in [0.29, 0.717) is 17.1 Å². The summed E-state index contributed by atoms with van der Waals surface area (Å²) in [6.45, 7) is 10.9. The van der Waals surface area contributed by atoms with Gasteiger partial charge in [0.25, 0.3) is 8.32 Å². The molecule has 8 nitrogen and oxygen atoms in total. The predicted molar refractivity (Wildman–Crippen MR) is 107 cm³/mol. The van der Waals surface area contributed by atoms with Crippen LogP contribution in [0.5, 0.6) is 11.6 Å². The molecule has 9 heteroatoms. The lowest BCUT2D eigenvalue weighted by Gasteiger charge is -2.36. The zero-order valence-electron chi connectivity index (χ0n) is 16.2. The van der Waals surface area contributed by atoms with Crippen molar-refractivity contribution in [1.82, 2.24) is 4.98 Å². The summed E-state index contributed by atoms with van der Waals surface area (Å²) in [4.78, 5) is 14.7. The minimum absolute atomic E-state index is 0.000565. The number of carbonyl (C=O) groups is 1. The average Bonchev–Trinajstić information content (AvgIpc) is 2.53. The van der Waals surface area contributed by atoms with Gasteiger partial charge in [-0.05, 0) is 36.3 Å². The number of anilines is 1. The Labute approximate surface area is 159 Å². The van der Waals surface area contributed by atoms with Crippen molar-refractivity contribution in [2.75, 3.05) is 5.73 Å². The second-order valence-corrected chi connectivity index (χ2v) is 12.2. The number of benzene rings is 1. The number of hydrogen-bond donors (Lipinski definition) is 2. The smallest absolute Gasteiger partial charge is 0.411 e. The monoisotopic (exact) mass is 387 g/mol. The van der Waals surface area contributed by atoms with Gasteiger partial charge in [0.2, 0.25) is 5.88 Å². The fourth-order valence-electron chi connectivity index (χ4n) is 1.86. The number of rotatable bonds is 5. The number of carbonyl (C=O) groups excluding carboxylic acids is 1. The molecule has 0 bridgehead atoms. The Morgan fingerprint density at radius 2 is 1.70 bits per heavy atom. The van der Waals surface area contributed by atoms with Crippen LogP contribution >= 0.6 is 0 Å². The third-order valence-corrected chi connectivity index (χ3v) is 8.73. The van der Waals surface area contributed by atoms with Gasteiger partial charge in [-0.3, -0.25) is 0 Å². The van der Waals surface area contributed by atoms with Crippen LogP contribution in [0.1, 0.15) is 20.8 Å². The number of pyridine rings is 1. The Kier molecular flexibility index (Phi) is 5.84. The number of para-hydroxylation sites is 1. The molecule has 1 aromatic heterocycles. The SMILES string of the molecule is CC(C)(C)[Si](C)(C)Oc1ccccc1/N=N/c1ccc(OC(N)=O)nc1N. The van der Waals surface area contributed by atoms with E-state index in [1.807, 2.05) is 24.3 Å². The lowest BCUT2D eigenvalue weighted by molar-refractivity contribution is 0.209. The second kappa shape index (κ2) is 7.75. The van der Waals surface area contributed by atoms with Crippen LogP contribution in [-0.2, 0) is 0 Å². The van der Waals surface area contributed by atoms with Crippen molar-refractivity contribution in [3.8, 4) is 11.6 Å². The van der Waals surface area contributed by atoms with Gasteiger partial charge in [-0.1, -0.05) is 32.9 Å². The van der Waals surface area contributed by atoms with Crippen LogP contribution in [0.3, 0.4) is 0 Å². The van der Waals surface area contributed by atoms with Gasteiger partial charge in [0.1, 0.15) is 17.1 Å². The van der Waals surface area contributed by atoms with Gasteiger partial charge in [0.15, 0.2) is 5.82 Å². The van der Waals surface area contributed by atoms with Gasteiger partial charge in [-0.25, -0.2) is 4.79 Å². The standard InChI is InChI=1S/C18H25N5O3Si/c1-18(2,3)27(4,5)26-14-9-7-6-8-12(14)22-23-13-10-11-15(21-16(13)19)25-17(20)24/h6-11H,1-5H3,(H2,19,21)(H2,20,24)/b23-22+. The van der Waals surface area contributed by atoms with Crippen molar-refractivity contribution in [1.29, 1.82) is 0 Å². The molecule has 0 radical (unpaired) electrons. The lowest BCUT2D eigenvalue weighted by Crippen LogP contribution is -2.43. The fourth-order valence-corrected chi connectivity index (χ4v) is 2.88. The van der Waals surface area contributed by atoms with Gasteiger partial charge in [-0.15, -0.1) is 10.2 Å². The molecule has 144 valence electrons. The van der Waals surface area contributed by atoms with E-state index >= 15 is 0 Å². The van der Waals surface area contributed by atoms with E-state index in [4.69, 9.17) is 15.9 Å². The number of aromatic nitrogens is 1. The van der Waals surface area contributed by atoms with Gasteiger partial charge in [0, 0.05) is 6.07 Å². The third-order valence-electron chi connectivity index (χ3n) is 4.38. The van der Waals surface area contributed by atoms with E-state index in [-0.39, 0.29) is 16.7 Å². The number of ether oxygens (including phenoxy) is 1. The number of nitrogens with two attached hydrogens (primary N) is 2. The van der Waals surface area contributed by atoms with Crippen LogP contribution < -0.4 is 20.6 Å². The molecule has 0 saturated heterocycles. The summed E-state index contributed by atoms with van der Waals surface area (Å²) in [7, 11) is -2.02. The molecule has 0 saturated carbocycles. The number of hydrogen-bond acceptors (Lipinski definition) is 7. The molecular weight excluding hydrogens is 362 g/mol. The van der Waals surface area contributed by atoms with Crippen LogP contribution in [0.15, 0.2) is 46.6 Å². The third kappa shape index (κ3) is 5.27. The van der Waals surface area contributed by atoms with Crippen LogP contribution in [0, 0.1) is 0 Å². The molecule has 1 heterocycles. The van der Waals surface area contributed by atoms with Gasteiger partial charge < -0.3 is 20.6 Å². The van der Waals surface area contributed by atoms with Crippen LogP contribution in [0.25, 0.3) is 0 Å². The molecule has 0 fully saturated rings. The minimum Gasteiger partial charge on any atom is -0.542 e. The molecule has 0 aliphatic heterocycles. The quantitative estimate of drug-likeness (QED) is 0.556. The van der Waals surface area contributed by atoms with Crippen molar-refractivity contribution in [3.05, 3.63) is 36.4 Å². The number of nitrogen functional groups attached to an aromatic ring is 1. The zero-order valence-corrected chi connectivity index (χ0v) is 17.2. The van der Waals surface area contributed by atoms with E-state index in [9.17, 15) is 4.79 Å². The average molecular weight is 388 g/mol. The summed E-state index contributed by atoms with van der Waals surface area (Å²) in [5, 5.41) is 8.47. The summed E-state index contributed by atoms with van der Waals surface area (Å²) >= 11 is 0. The largest absolute Gasteiger partial charge is 0.542 e. The van der Waals surface area contributed by atoms with Crippen LogP contribution in [-0.4, -0.2) is 19.4 Å². The van der Waals surface area contributed by atoms with Crippen LogP contribution in [0.2, 0.25) is 18.1 Å². The van der Waals surface area contributed by atoms with Crippen molar-refractivity contribution < 1.29 is 14.0 Å². The summed E-state index contributed by atoms with van der Waals surface area (Å²) < 4.78 is 11.0. The molecule has 2 rings (SSSR count). The summed E-state index contributed by atoms with van der Waals surface area (Å²) in [5.41, 5.74) is 11.7. The first kappa shape index (κ1) is 20.4. The first-order chi connectivity index (χ1) is 12.5. The predicted octanol–water partition coefficient (Wildman–Crippen LogP) is 4.92. The Balaban J connectivity index is 2.27.